The maximum absolute atomic E-state index is 5.59. The molecule has 0 amide bonds. The largest absolute Gasteiger partial charge is 0.492 e. The molecule has 1 aromatic carbocycles. The lowest BCUT2D eigenvalue weighted by Crippen LogP contribution is -2.18. The second-order valence-corrected chi connectivity index (χ2v) is 4.96. The van der Waals surface area contributed by atoms with Gasteiger partial charge >= 0.3 is 0 Å². The van der Waals surface area contributed by atoms with Crippen molar-refractivity contribution in [2.45, 2.75) is 32.7 Å². The van der Waals surface area contributed by atoms with E-state index < -0.39 is 0 Å². The second-order valence-electron chi connectivity index (χ2n) is 4.96. The predicted molar refractivity (Wildman–Crippen MR) is 78.8 cm³/mol. The van der Waals surface area contributed by atoms with Crippen molar-refractivity contribution in [3.05, 3.63) is 29.3 Å². The van der Waals surface area contributed by atoms with Gasteiger partial charge in [0.15, 0.2) is 11.5 Å². The lowest BCUT2D eigenvalue weighted by atomic mass is 10.1. The fourth-order valence-corrected chi connectivity index (χ4v) is 2.04. The number of rotatable bonds is 7. The van der Waals surface area contributed by atoms with Gasteiger partial charge in [-0.25, -0.2) is 0 Å². The van der Waals surface area contributed by atoms with Crippen LogP contribution in [-0.2, 0) is 0 Å². The molecule has 1 fully saturated rings. The molecule has 1 aromatic rings. The van der Waals surface area contributed by atoms with E-state index in [9.17, 15) is 0 Å². The van der Waals surface area contributed by atoms with Gasteiger partial charge in [-0.15, -0.1) is 0 Å². The monoisotopic (exact) mass is 261 g/mol. The van der Waals surface area contributed by atoms with Crippen molar-refractivity contribution in [2.75, 3.05) is 20.3 Å². The zero-order chi connectivity index (χ0) is 13.7. The third-order valence-corrected chi connectivity index (χ3v) is 3.16. The molecule has 0 spiro atoms. The van der Waals surface area contributed by atoms with Crippen LogP contribution in [0.3, 0.4) is 0 Å². The summed E-state index contributed by atoms with van der Waals surface area (Å²) in [7, 11) is 1.69. The van der Waals surface area contributed by atoms with Gasteiger partial charge < -0.3 is 14.8 Å². The minimum Gasteiger partial charge on any atom is -0.492 e. The van der Waals surface area contributed by atoms with E-state index >= 15 is 0 Å². The highest BCUT2D eigenvalue weighted by molar-refractivity contribution is 5.64. The van der Waals surface area contributed by atoms with E-state index in [2.05, 4.69) is 24.4 Å². The van der Waals surface area contributed by atoms with Crippen molar-refractivity contribution in [1.82, 2.24) is 5.32 Å². The minimum absolute atomic E-state index is 0.645. The van der Waals surface area contributed by atoms with Crippen LogP contribution in [0, 0.1) is 0 Å². The van der Waals surface area contributed by atoms with Gasteiger partial charge in [0.25, 0.3) is 0 Å². The standard InChI is InChI=1S/C16H23NO2/c1-4-19-15-7-5-6-13(16(15)18-3)10-12(2)11-17-14-8-9-14/h5-7,10,14,17H,4,8-9,11H2,1-3H3. The number of hydrogen-bond donors (Lipinski definition) is 1. The van der Waals surface area contributed by atoms with E-state index in [1.54, 1.807) is 7.11 Å². The Hall–Kier alpha value is -1.48. The Balaban J connectivity index is 2.12. The zero-order valence-electron chi connectivity index (χ0n) is 12.0. The fraction of sp³-hybridized carbons (Fsp3) is 0.500. The Morgan fingerprint density at radius 1 is 1.42 bits per heavy atom. The molecule has 104 valence electrons. The Bertz CT molecular complexity index is 450. The zero-order valence-corrected chi connectivity index (χ0v) is 12.0. The van der Waals surface area contributed by atoms with E-state index in [0.29, 0.717) is 6.61 Å². The van der Waals surface area contributed by atoms with Crippen LogP contribution in [0.2, 0.25) is 0 Å². The molecule has 19 heavy (non-hydrogen) atoms. The number of benzene rings is 1. The Kier molecular flexibility index (Phi) is 4.86. The third kappa shape index (κ3) is 4.00. The molecular formula is C16H23NO2. The third-order valence-electron chi connectivity index (χ3n) is 3.16. The van der Waals surface area contributed by atoms with Gasteiger partial charge in [0.1, 0.15) is 0 Å². The molecule has 0 aromatic heterocycles. The minimum atomic E-state index is 0.645. The smallest absolute Gasteiger partial charge is 0.167 e. The Morgan fingerprint density at radius 3 is 2.84 bits per heavy atom. The first-order chi connectivity index (χ1) is 9.24. The molecule has 1 N–H and O–H groups in total. The highest BCUT2D eigenvalue weighted by Crippen LogP contribution is 2.32. The summed E-state index contributed by atoms with van der Waals surface area (Å²) in [5, 5.41) is 3.51. The van der Waals surface area contributed by atoms with Crippen LogP contribution >= 0.6 is 0 Å². The normalized spacial score (nSPS) is 15.4. The number of ether oxygens (including phenoxy) is 2. The predicted octanol–water partition coefficient (Wildman–Crippen LogP) is 3.25. The summed E-state index contributed by atoms with van der Waals surface area (Å²) >= 11 is 0. The SMILES string of the molecule is CCOc1cccc(C=C(C)CNC2CC2)c1OC. The van der Waals surface area contributed by atoms with Crippen LogP contribution in [0.15, 0.2) is 23.8 Å². The molecule has 1 aliphatic rings. The second kappa shape index (κ2) is 6.62. The van der Waals surface area contributed by atoms with Crippen molar-refractivity contribution < 1.29 is 9.47 Å². The molecule has 0 radical (unpaired) electrons. The topological polar surface area (TPSA) is 30.5 Å². The molecule has 1 aliphatic carbocycles. The average molecular weight is 261 g/mol. The molecule has 3 heteroatoms. The first kappa shape index (κ1) is 13.9. The van der Waals surface area contributed by atoms with Crippen LogP contribution in [0.25, 0.3) is 6.08 Å². The summed E-state index contributed by atoms with van der Waals surface area (Å²) in [4.78, 5) is 0. The maximum Gasteiger partial charge on any atom is 0.167 e. The van der Waals surface area contributed by atoms with E-state index in [0.717, 1.165) is 29.6 Å². The molecule has 1 saturated carbocycles. The molecule has 0 bridgehead atoms. The summed E-state index contributed by atoms with van der Waals surface area (Å²) < 4.78 is 11.1. The van der Waals surface area contributed by atoms with Gasteiger partial charge in [0.2, 0.25) is 0 Å². The van der Waals surface area contributed by atoms with Crippen molar-refractivity contribution in [3.63, 3.8) is 0 Å². The summed E-state index contributed by atoms with van der Waals surface area (Å²) in [6.45, 7) is 5.70. The van der Waals surface area contributed by atoms with Gasteiger partial charge in [-0.3, -0.25) is 0 Å². The van der Waals surface area contributed by atoms with Crippen molar-refractivity contribution in [3.8, 4) is 11.5 Å². The fourth-order valence-electron chi connectivity index (χ4n) is 2.04. The van der Waals surface area contributed by atoms with Gasteiger partial charge in [0.05, 0.1) is 13.7 Å². The van der Waals surface area contributed by atoms with Crippen LogP contribution in [-0.4, -0.2) is 26.3 Å². The Morgan fingerprint density at radius 2 is 2.21 bits per heavy atom. The molecule has 0 saturated heterocycles. The molecule has 0 atom stereocenters. The first-order valence-electron chi connectivity index (χ1n) is 6.95. The van der Waals surface area contributed by atoms with Crippen LogP contribution in [0.5, 0.6) is 11.5 Å². The quantitative estimate of drug-likeness (QED) is 0.817. The van der Waals surface area contributed by atoms with Crippen molar-refractivity contribution >= 4 is 6.08 Å². The lowest BCUT2D eigenvalue weighted by Gasteiger charge is -2.12. The lowest BCUT2D eigenvalue weighted by molar-refractivity contribution is 0.310. The maximum atomic E-state index is 5.59. The molecule has 0 unspecified atom stereocenters. The van der Waals surface area contributed by atoms with Crippen LogP contribution < -0.4 is 14.8 Å². The van der Waals surface area contributed by atoms with E-state index in [1.807, 2.05) is 19.1 Å². The highest BCUT2D eigenvalue weighted by Gasteiger charge is 2.19. The molecule has 0 aliphatic heterocycles. The summed E-state index contributed by atoms with van der Waals surface area (Å²) in [5.74, 6) is 1.62. The van der Waals surface area contributed by atoms with Crippen molar-refractivity contribution in [1.29, 1.82) is 0 Å². The van der Waals surface area contributed by atoms with E-state index in [-0.39, 0.29) is 0 Å². The van der Waals surface area contributed by atoms with Crippen molar-refractivity contribution in [2.24, 2.45) is 0 Å². The van der Waals surface area contributed by atoms with E-state index in [1.165, 1.54) is 18.4 Å². The highest BCUT2D eigenvalue weighted by atomic mass is 16.5. The first-order valence-corrected chi connectivity index (χ1v) is 6.95. The van der Waals surface area contributed by atoms with Crippen LogP contribution in [0.4, 0.5) is 0 Å². The number of para-hydroxylation sites is 1. The molecule has 0 heterocycles. The number of nitrogens with one attached hydrogen (secondary N) is 1. The van der Waals surface area contributed by atoms with Gasteiger partial charge in [0, 0.05) is 18.2 Å². The molecule has 2 rings (SSSR count). The molecular weight excluding hydrogens is 238 g/mol. The van der Waals surface area contributed by atoms with Gasteiger partial charge in [-0.05, 0) is 32.8 Å². The molecule has 3 nitrogen and oxygen atoms in total. The summed E-state index contributed by atoms with van der Waals surface area (Å²) in [6, 6.07) is 6.74. The number of hydrogen-bond acceptors (Lipinski definition) is 3. The van der Waals surface area contributed by atoms with Gasteiger partial charge in [-0.1, -0.05) is 23.8 Å². The van der Waals surface area contributed by atoms with E-state index in [4.69, 9.17) is 9.47 Å². The van der Waals surface area contributed by atoms with Gasteiger partial charge in [-0.2, -0.15) is 0 Å². The number of methoxy groups -OCH3 is 1. The van der Waals surface area contributed by atoms with Crippen LogP contribution in [0.1, 0.15) is 32.3 Å². The Labute approximate surface area is 115 Å². The average Bonchev–Trinajstić information content (AvgIpc) is 3.21. The summed E-state index contributed by atoms with van der Waals surface area (Å²) in [5.41, 5.74) is 2.38. The summed E-state index contributed by atoms with van der Waals surface area (Å²) in [6.07, 6.45) is 4.80.